The topological polar surface area (TPSA) is 63.6 Å². The van der Waals surface area contributed by atoms with Crippen LogP contribution in [0.1, 0.15) is 38.2 Å². The Kier molecular flexibility index (Phi) is 6.19. The van der Waals surface area contributed by atoms with Crippen molar-refractivity contribution >= 4 is 10.1 Å². The van der Waals surface area contributed by atoms with Crippen molar-refractivity contribution in [3.8, 4) is 11.5 Å². The van der Waals surface area contributed by atoms with E-state index in [1.807, 2.05) is 12.1 Å². The van der Waals surface area contributed by atoms with Gasteiger partial charge < -0.3 is 4.74 Å². The molecule has 0 aliphatic heterocycles. The molecular formula is C18H22O4S. The molecule has 0 atom stereocenters. The number of hydrogen-bond acceptors (Lipinski definition) is 3. The lowest BCUT2D eigenvalue weighted by Crippen LogP contribution is -2.02. The summed E-state index contributed by atoms with van der Waals surface area (Å²) in [5.41, 5.74) is 0.883. The third-order valence-electron chi connectivity index (χ3n) is 3.58. The minimum Gasteiger partial charge on any atom is -0.456 e. The normalized spacial score (nSPS) is 11.4. The first kappa shape index (κ1) is 17.5. The quantitative estimate of drug-likeness (QED) is 0.554. The summed E-state index contributed by atoms with van der Waals surface area (Å²) in [6.45, 7) is 2.14. The highest BCUT2D eigenvalue weighted by Gasteiger charge is 2.18. The van der Waals surface area contributed by atoms with Gasteiger partial charge in [0.2, 0.25) is 0 Å². The van der Waals surface area contributed by atoms with E-state index in [9.17, 15) is 13.0 Å². The van der Waals surface area contributed by atoms with Crippen molar-refractivity contribution < 1.29 is 17.7 Å². The molecule has 0 amide bonds. The Morgan fingerprint density at radius 2 is 1.74 bits per heavy atom. The van der Waals surface area contributed by atoms with Crippen molar-refractivity contribution in [3.63, 3.8) is 0 Å². The maximum absolute atomic E-state index is 11.6. The Morgan fingerprint density at radius 1 is 1.00 bits per heavy atom. The van der Waals surface area contributed by atoms with E-state index in [0.717, 1.165) is 31.2 Å². The van der Waals surface area contributed by atoms with Crippen LogP contribution in [-0.2, 0) is 16.5 Å². The zero-order valence-corrected chi connectivity index (χ0v) is 14.1. The standard InChI is InChI=1S/C18H22O4S/c1-2-3-4-6-9-15-12-13-17(18(14-15)23(19,20)21)22-16-10-7-5-8-11-16/h5,7-8,10-14H,2-4,6,9H2,1H3,(H,19,20,21). The van der Waals surface area contributed by atoms with Crippen LogP contribution >= 0.6 is 0 Å². The minimum absolute atomic E-state index is 0.135. The van der Waals surface area contributed by atoms with Crippen molar-refractivity contribution in [1.82, 2.24) is 0 Å². The van der Waals surface area contributed by atoms with E-state index in [-0.39, 0.29) is 10.6 Å². The molecule has 0 saturated carbocycles. The van der Waals surface area contributed by atoms with Crippen molar-refractivity contribution in [3.05, 3.63) is 54.1 Å². The van der Waals surface area contributed by atoms with Gasteiger partial charge in [-0.3, -0.25) is 4.55 Å². The molecule has 0 radical (unpaired) electrons. The first-order valence-corrected chi connectivity index (χ1v) is 9.28. The van der Waals surface area contributed by atoms with Gasteiger partial charge in [0.1, 0.15) is 16.4 Å². The van der Waals surface area contributed by atoms with Crippen molar-refractivity contribution in [2.45, 2.75) is 43.9 Å². The number of ether oxygens (including phenoxy) is 1. The fraction of sp³-hybridized carbons (Fsp3) is 0.333. The van der Waals surface area contributed by atoms with E-state index in [1.165, 1.54) is 12.5 Å². The van der Waals surface area contributed by atoms with Crippen LogP contribution in [0.5, 0.6) is 11.5 Å². The first-order chi connectivity index (χ1) is 11.0. The van der Waals surface area contributed by atoms with E-state index < -0.39 is 10.1 Å². The van der Waals surface area contributed by atoms with E-state index in [0.29, 0.717) is 5.75 Å². The van der Waals surface area contributed by atoms with E-state index in [2.05, 4.69) is 6.92 Å². The second-order valence-electron chi connectivity index (χ2n) is 5.48. The molecule has 23 heavy (non-hydrogen) atoms. The molecule has 0 aliphatic carbocycles. The van der Waals surface area contributed by atoms with Crippen LogP contribution in [0.2, 0.25) is 0 Å². The second-order valence-corrected chi connectivity index (χ2v) is 6.87. The SMILES string of the molecule is CCCCCCc1ccc(Oc2ccccc2)c(S(=O)(=O)O)c1. The molecule has 4 nitrogen and oxygen atoms in total. The maximum Gasteiger partial charge on any atom is 0.298 e. The Bertz CT molecular complexity index is 724. The predicted molar refractivity (Wildman–Crippen MR) is 90.6 cm³/mol. The summed E-state index contributed by atoms with van der Waals surface area (Å²) in [5, 5.41) is 0. The molecule has 0 saturated heterocycles. The summed E-state index contributed by atoms with van der Waals surface area (Å²) in [4.78, 5) is -0.186. The van der Waals surface area contributed by atoms with E-state index >= 15 is 0 Å². The van der Waals surface area contributed by atoms with Crippen LogP contribution in [-0.4, -0.2) is 13.0 Å². The zero-order chi connectivity index (χ0) is 16.7. The highest BCUT2D eigenvalue weighted by atomic mass is 32.2. The van der Waals surface area contributed by atoms with Gasteiger partial charge in [-0.25, -0.2) is 0 Å². The van der Waals surface area contributed by atoms with Gasteiger partial charge >= 0.3 is 0 Å². The molecule has 0 fully saturated rings. The highest BCUT2D eigenvalue weighted by molar-refractivity contribution is 7.86. The average molecular weight is 334 g/mol. The number of benzene rings is 2. The molecule has 0 aromatic heterocycles. The molecule has 0 heterocycles. The molecular weight excluding hydrogens is 312 g/mol. The van der Waals surface area contributed by atoms with Gasteiger partial charge in [0, 0.05) is 0 Å². The summed E-state index contributed by atoms with van der Waals surface area (Å²) >= 11 is 0. The summed E-state index contributed by atoms with van der Waals surface area (Å²) in [6.07, 6.45) is 5.21. The molecule has 124 valence electrons. The first-order valence-electron chi connectivity index (χ1n) is 7.84. The van der Waals surface area contributed by atoms with Crippen molar-refractivity contribution in [2.75, 3.05) is 0 Å². The second kappa shape index (κ2) is 8.13. The number of aryl methyl sites for hydroxylation is 1. The smallest absolute Gasteiger partial charge is 0.298 e. The Balaban J connectivity index is 2.22. The molecule has 2 aromatic carbocycles. The van der Waals surface area contributed by atoms with Gasteiger partial charge in [0.25, 0.3) is 10.1 Å². The summed E-state index contributed by atoms with van der Waals surface area (Å²) in [6, 6.07) is 13.8. The molecule has 2 aromatic rings. The van der Waals surface area contributed by atoms with Gasteiger partial charge in [-0.2, -0.15) is 8.42 Å². The molecule has 0 aliphatic rings. The van der Waals surface area contributed by atoms with Crippen LogP contribution < -0.4 is 4.74 Å². The Morgan fingerprint density at radius 3 is 2.39 bits per heavy atom. The Hall–Kier alpha value is -1.85. The van der Waals surface area contributed by atoms with Gasteiger partial charge in [0.15, 0.2) is 0 Å². The zero-order valence-electron chi connectivity index (χ0n) is 13.2. The monoisotopic (exact) mass is 334 g/mol. The van der Waals surface area contributed by atoms with Crippen LogP contribution in [0.15, 0.2) is 53.4 Å². The lowest BCUT2D eigenvalue weighted by molar-refractivity contribution is 0.449. The third-order valence-corrected chi connectivity index (χ3v) is 4.45. The summed E-state index contributed by atoms with van der Waals surface area (Å²) in [5.74, 6) is 0.657. The molecule has 5 heteroatoms. The van der Waals surface area contributed by atoms with Crippen molar-refractivity contribution in [2.24, 2.45) is 0 Å². The largest absolute Gasteiger partial charge is 0.456 e. The van der Waals surface area contributed by atoms with Crippen LogP contribution in [0.4, 0.5) is 0 Å². The summed E-state index contributed by atoms with van der Waals surface area (Å²) < 4.78 is 38.4. The van der Waals surface area contributed by atoms with E-state index in [4.69, 9.17) is 4.74 Å². The number of hydrogen-bond donors (Lipinski definition) is 1. The lowest BCUT2D eigenvalue weighted by Gasteiger charge is -2.11. The fourth-order valence-corrected chi connectivity index (χ4v) is 3.03. The Labute approximate surface area is 137 Å². The molecule has 0 spiro atoms. The van der Waals surface area contributed by atoms with Gasteiger partial charge in [0.05, 0.1) is 0 Å². The fourth-order valence-electron chi connectivity index (χ4n) is 2.37. The molecule has 0 bridgehead atoms. The van der Waals surface area contributed by atoms with Gasteiger partial charge in [-0.1, -0.05) is 50.5 Å². The van der Waals surface area contributed by atoms with Crippen LogP contribution in [0.3, 0.4) is 0 Å². The van der Waals surface area contributed by atoms with E-state index in [1.54, 1.807) is 30.3 Å². The van der Waals surface area contributed by atoms with Gasteiger partial charge in [-0.15, -0.1) is 0 Å². The molecule has 0 unspecified atom stereocenters. The molecule has 1 N–H and O–H groups in total. The van der Waals surface area contributed by atoms with Crippen LogP contribution in [0, 0.1) is 0 Å². The number of para-hydroxylation sites is 1. The number of unbranched alkanes of at least 4 members (excludes halogenated alkanes) is 3. The number of rotatable bonds is 8. The highest BCUT2D eigenvalue weighted by Crippen LogP contribution is 2.30. The summed E-state index contributed by atoms with van der Waals surface area (Å²) in [7, 11) is -4.34. The van der Waals surface area contributed by atoms with Crippen molar-refractivity contribution in [1.29, 1.82) is 0 Å². The maximum atomic E-state index is 11.6. The van der Waals surface area contributed by atoms with Crippen LogP contribution in [0.25, 0.3) is 0 Å². The average Bonchev–Trinajstić information content (AvgIpc) is 2.53. The molecule has 2 rings (SSSR count). The third kappa shape index (κ3) is 5.37. The lowest BCUT2D eigenvalue weighted by atomic mass is 10.1. The predicted octanol–water partition coefficient (Wildman–Crippen LogP) is 4.85. The van der Waals surface area contributed by atoms with Gasteiger partial charge in [-0.05, 0) is 42.7 Å². The minimum atomic E-state index is -4.34.